The van der Waals surface area contributed by atoms with E-state index in [1.54, 1.807) is 48.1 Å². The van der Waals surface area contributed by atoms with Crippen LogP contribution in [0.25, 0.3) is 11.0 Å². The lowest BCUT2D eigenvalue weighted by Gasteiger charge is -2.46. The van der Waals surface area contributed by atoms with E-state index in [2.05, 4.69) is 32.4 Å². The first kappa shape index (κ1) is 40.8. The summed E-state index contributed by atoms with van der Waals surface area (Å²) < 4.78 is 19.6. The highest BCUT2D eigenvalue weighted by molar-refractivity contribution is 6.12. The van der Waals surface area contributed by atoms with Gasteiger partial charge in [-0.1, -0.05) is 102 Å². The minimum atomic E-state index is -1.72. The molecule has 0 saturated carbocycles. The molecule has 7 aromatic rings. The van der Waals surface area contributed by atoms with Crippen molar-refractivity contribution in [3.8, 4) is 29.1 Å². The predicted octanol–water partition coefficient (Wildman–Crippen LogP) is 7.06. The van der Waals surface area contributed by atoms with Gasteiger partial charge in [-0.25, -0.2) is 4.68 Å². The molecule has 0 bridgehead atoms. The summed E-state index contributed by atoms with van der Waals surface area (Å²) in [5, 5.41) is 22.5. The number of morpholine rings is 1. The minimum Gasteiger partial charge on any atom is -0.508 e. The number of nitrogens with one attached hydrogen (secondary N) is 1. The van der Waals surface area contributed by atoms with Crippen molar-refractivity contribution in [1.82, 2.24) is 24.8 Å². The Morgan fingerprint density at radius 2 is 1.52 bits per heavy atom. The van der Waals surface area contributed by atoms with Gasteiger partial charge in [-0.05, 0) is 94.4 Å². The van der Waals surface area contributed by atoms with Gasteiger partial charge in [0.05, 0.1) is 37.7 Å². The van der Waals surface area contributed by atoms with E-state index in [0.29, 0.717) is 46.8 Å². The fraction of sp³-hybridized carbons (Fsp3) is 0.226. The summed E-state index contributed by atoms with van der Waals surface area (Å²) in [6.07, 6.45) is -0.311. The zero-order valence-electron chi connectivity index (χ0n) is 36.1. The Hall–Kier alpha value is -7.95. The predicted molar refractivity (Wildman–Crippen MR) is 244 cm³/mol. The van der Waals surface area contributed by atoms with Crippen molar-refractivity contribution < 1.29 is 33.7 Å². The van der Waals surface area contributed by atoms with Crippen molar-refractivity contribution in [1.29, 1.82) is 0 Å². The first-order valence-electron chi connectivity index (χ1n) is 21.9. The third-order valence-corrected chi connectivity index (χ3v) is 13.7. The lowest BCUT2D eigenvalue weighted by Crippen LogP contribution is -2.56. The number of cyclic esters (lactones) is 1. The molecule has 0 radical (unpaired) electrons. The molecular formula is C53H44N6O7. The van der Waals surface area contributed by atoms with Crippen LogP contribution in [0.2, 0.25) is 0 Å². The van der Waals surface area contributed by atoms with E-state index in [0.717, 1.165) is 33.3 Å². The van der Waals surface area contributed by atoms with Crippen LogP contribution in [-0.4, -0.2) is 74.5 Å². The Morgan fingerprint density at radius 3 is 2.26 bits per heavy atom. The van der Waals surface area contributed by atoms with Crippen LogP contribution in [0.1, 0.15) is 57.1 Å². The summed E-state index contributed by atoms with van der Waals surface area (Å²) in [7, 11) is 3.16. The fourth-order valence-electron chi connectivity index (χ4n) is 10.8. The largest absolute Gasteiger partial charge is 0.508 e. The van der Waals surface area contributed by atoms with E-state index in [9.17, 15) is 5.11 Å². The summed E-state index contributed by atoms with van der Waals surface area (Å²) in [6.45, 7) is 0.787. The number of carbonyl (C=O) groups is 3. The smallest absolute Gasteiger partial charge is 0.324 e. The molecule has 328 valence electrons. The van der Waals surface area contributed by atoms with Crippen molar-refractivity contribution in [2.45, 2.75) is 49.2 Å². The average molecular weight is 877 g/mol. The highest BCUT2D eigenvalue weighted by atomic mass is 16.6. The molecule has 1 spiro atoms. The number of ether oxygens (including phenoxy) is 3. The summed E-state index contributed by atoms with van der Waals surface area (Å²) in [5.74, 6) is 5.00. The molecule has 2 amide bonds. The lowest BCUT2D eigenvalue weighted by molar-refractivity contribution is -0.179. The van der Waals surface area contributed by atoms with Crippen LogP contribution < -0.4 is 14.8 Å². The molecule has 6 atom stereocenters. The van der Waals surface area contributed by atoms with Gasteiger partial charge >= 0.3 is 5.97 Å². The van der Waals surface area contributed by atoms with E-state index < -0.39 is 47.4 Å². The normalized spacial score (nSPS) is 23.0. The maximum atomic E-state index is 16.1. The summed E-state index contributed by atoms with van der Waals surface area (Å²) >= 11 is 0. The Morgan fingerprint density at radius 1 is 0.818 bits per heavy atom. The number of rotatable bonds is 7. The molecule has 4 aliphatic heterocycles. The van der Waals surface area contributed by atoms with Crippen LogP contribution in [0.4, 0.5) is 5.69 Å². The number of benzene rings is 6. The Balaban J connectivity index is 1.12. The van der Waals surface area contributed by atoms with Crippen LogP contribution in [0.15, 0.2) is 140 Å². The van der Waals surface area contributed by atoms with Crippen LogP contribution in [0, 0.1) is 17.8 Å². The summed E-state index contributed by atoms with van der Waals surface area (Å²) in [6, 6.07) is 40.3. The molecule has 11 rings (SSSR count). The second kappa shape index (κ2) is 16.2. The van der Waals surface area contributed by atoms with Gasteiger partial charge in [0.1, 0.15) is 35.4 Å². The molecule has 5 heterocycles. The maximum Gasteiger partial charge on any atom is 0.324 e. The molecule has 13 nitrogen and oxygen atoms in total. The van der Waals surface area contributed by atoms with E-state index >= 15 is 14.4 Å². The molecular weight excluding hydrogens is 833 g/mol. The summed E-state index contributed by atoms with van der Waals surface area (Å²) in [5.41, 5.74) is 5.66. The quantitative estimate of drug-likeness (QED) is 0.126. The number of carbonyl (C=O) groups excluding carboxylic acids is 3. The number of amides is 2. The maximum absolute atomic E-state index is 16.1. The Kier molecular flexibility index (Phi) is 10.0. The average Bonchev–Trinajstić information content (AvgIpc) is 4.01. The van der Waals surface area contributed by atoms with E-state index in [-0.39, 0.29) is 24.7 Å². The van der Waals surface area contributed by atoms with Crippen molar-refractivity contribution in [3.05, 3.63) is 178 Å². The van der Waals surface area contributed by atoms with Crippen LogP contribution in [0.3, 0.4) is 0 Å². The molecule has 2 N–H and O–H groups in total. The standard InChI is InChI=1S/C53H44N6O7/c1-64-43-29-36-25-27-57(31-37(36)30-44(43)65-2)50(61)45-47-51(62)66-48(34-15-7-4-8-16-34)46(33-13-5-3-6-14-33)59(47)49(35-20-22-38(60)23-21-35)53(45)39-28-32(19-24-40(39)54-52(53)63)12-11-26-58-42-18-10-9-17-41(42)55-56-58/h3-10,13-24,28-30,45-49,60H,25-27,31H2,1-2H3,(H,54,63). The summed E-state index contributed by atoms with van der Waals surface area (Å²) in [4.78, 5) is 50.9. The molecule has 1 aromatic heterocycles. The fourth-order valence-corrected chi connectivity index (χ4v) is 10.8. The number of anilines is 1. The molecule has 4 aliphatic rings. The van der Waals surface area contributed by atoms with Crippen molar-refractivity contribution in [2.24, 2.45) is 5.92 Å². The number of methoxy groups -OCH3 is 2. The number of aromatic hydroxyl groups is 1. The van der Waals surface area contributed by atoms with Crippen molar-refractivity contribution in [3.63, 3.8) is 0 Å². The van der Waals surface area contributed by atoms with Gasteiger partial charge in [-0.15, -0.1) is 5.10 Å². The number of aromatic nitrogens is 3. The van der Waals surface area contributed by atoms with E-state index in [1.807, 2.05) is 115 Å². The number of hydrogen-bond donors (Lipinski definition) is 2. The number of phenolic OH excluding ortho intramolecular Hbond substituents is 1. The number of nitrogens with zero attached hydrogens (tertiary/aromatic N) is 5. The van der Waals surface area contributed by atoms with Gasteiger partial charge in [0.2, 0.25) is 11.8 Å². The molecule has 6 unspecified atom stereocenters. The number of fused-ring (bicyclic) bond motifs is 5. The zero-order chi connectivity index (χ0) is 45.1. The second-order valence-electron chi connectivity index (χ2n) is 17.1. The molecule has 6 aromatic carbocycles. The van der Waals surface area contributed by atoms with Gasteiger partial charge < -0.3 is 29.5 Å². The van der Waals surface area contributed by atoms with Gasteiger partial charge in [-0.3, -0.25) is 19.3 Å². The van der Waals surface area contributed by atoms with E-state index in [4.69, 9.17) is 14.2 Å². The third kappa shape index (κ3) is 6.47. The monoisotopic (exact) mass is 876 g/mol. The topological polar surface area (TPSA) is 148 Å². The molecule has 0 aliphatic carbocycles. The molecule has 2 fully saturated rings. The van der Waals surface area contributed by atoms with Crippen molar-refractivity contribution in [2.75, 3.05) is 26.1 Å². The van der Waals surface area contributed by atoms with Gasteiger partial charge in [-0.2, -0.15) is 0 Å². The van der Waals surface area contributed by atoms with Crippen LogP contribution in [0.5, 0.6) is 17.2 Å². The van der Waals surface area contributed by atoms with Gasteiger partial charge in [0.25, 0.3) is 0 Å². The highest BCUT2D eigenvalue weighted by Crippen LogP contribution is 2.65. The second-order valence-corrected chi connectivity index (χ2v) is 17.1. The first-order valence-corrected chi connectivity index (χ1v) is 21.9. The first-order chi connectivity index (χ1) is 32.3. The molecule has 66 heavy (non-hydrogen) atoms. The Labute approximate surface area is 380 Å². The van der Waals surface area contributed by atoms with Crippen molar-refractivity contribution >= 4 is 34.5 Å². The number of para-hydroxylation sites is 1. The van der Waals surface area contributed by atoms with E-state index in [1.165, 1.54) is 0 Å². The molecule has 13 heteroatoms. The SMILES string of the molecule is COc1cc2c(cc1OC)CN(C(=O)C1C3C(=O)OC(c4ccccc4)C(c4ccccc4)N3C(c3ccc(O)cc3)C13C(=O)Nc1ccc(C#CCn4nnc5ccccc54)cc13)CC2. The zero-order valence-corrected chi connectivity index (χ0v) is 36.1. The van der Waals surface area contributed by atoms with Crippen LogP contribution >= 0.6 is 0 Å². The lowest BCUT2D eigenvalue weighted by atomic mass is 9.65. The number of phenols is 1. The molecule has 2 saturated heterocycles. The number of esters is 1. The third-order valence-electron chi connectivity index (χ3n) is 13.7. The number of hydrogen-bond acceptors (Lipinski definition) is 10. The van der Waals surface area contributed by atoms with Gasteiger partial charge in [0, 0.05) is 24.3 Å². The van der Waals surface area contributed by atoms with Crippen LogP contribution in [-0.2, 0) is 44.0 Å². The van der Waals surface area contributed by atoms with Gasteiger partial charge in [0.15, 0.2) is 11.5 Å². The highest BCUT2D eigenvalue weighted by Gasteiger charge is 2.74. The minimum absolute atomic E-state index is 0.0304. The Bertz CT molecular complexity index is 3110.